The second kappa shape index (κ2) is 59.3. The first kappa shape index (κ1) is 75.6. The number of unbranched alkanes of at least 4 members (excludes halogenated alkanes) is 24. The molecule has 0 fully saturated rings. The molecule has 452 valence electrons. The van der Waals surface area contributed by atoms with Crippen molar-refractivity contribution in [2.24, 2.45) is 0 Å². The van der Waals surface area contributed by atoms with Crippen LogP contribution in [-0.2, 0) is 18.4 Å². The molecule has 1 amide bonds. The van der Waals surface area contributed by atoms with E-state index in [1.54, 1.807) is 6.08 Å². The van der Waals surface area contributed by atoms with Gasteiger partial charge in [-0.2, -0.15) is 0 Å². The molecule has 0 bridgehead atoms. The number of phosphoric ester groups is 1. The largest absolute Gasteiger partial charge is 0.756 e. The first-order valence-corrected chi connectivity index (χ1v) is 33.5. The fourth-order valence-corrected chi connectivity index (χ4v) is 9.36. The summed E-state index contributed by atoms with van der Waals surface area (Å²) in [5.41, 5.74) is 0. The summed E-state index contributed by atoms with van der Waals surface area (Å²) >= 11 is 0. The Balaban J connectivity index is 4.29. The van der Waals surface area contributed by atoms with Crippen LogP contribution in [0.5, 0.6) is 0 Å². The van der Waals surface area contributed by atoms with E-state index in [9.17, 15) is 19.4 Å². The van der Waals surface area contributed by atoms with Crippen molar-refractivity contribution in [3.05, 3.63) is 134 Å². The second-order valence-corrected chi connectivity index (χ2v) is 23.8. The number of amides is 1. The van der Waals surface area contributed by atoms with Gasteiger partial charge in [-0.1, -0.05) is 276 Å². The second-order valence-electron chi connectivity index (χ2n) is 22.4. The lowest BCUT2D eigenvalue weighted by molar-refractivity contribution is -0.870. The molecular formula is C70H121N2O6P. The van der Waals surface area contributed by atoms with Gasteiger partial charge in [0.05, 0.1) is 39.9 Å². The molecule has 0 aromatic heterocycles. The summed E-state index contributed by atoms with van der Waals surface area (Å²) in [4.78, 5) is 25.6. The zero-order chi connectivity index (χ0) is 57.7. The minimum atomic E-state index is -4.63. The van der Waals surface area contributed by atoms with E-state index in [1.807, 2.05) is 27.2 Å². The number of aliphatic hydroxyl groups is 1. The molecule has 0 saturated carbocycles. The Bertz CT molecular complexity index is 1750. The van der Waals surface area contributed by atoms with Crippen molar-refractivity contribution in [3.63, 3.8) is 0 Å². The molecule has 8 nitrogen and oxygen atoms in total. The van der Waals surface area contributed by atoms with Crippen LogP contribution in [0.4, 0.5) is 0 Å². The van der Waals surface area contributed by atoms with Crippen molar-refractivity contribution >= 4 is 13.7 Å². The van der Waals surface area contributed by atoms with Gasteiger partial charge in [0, 0.05) is 6.42 Å². The lowest BCUT2D eigenvalue weighted by Gasteiger charge is -2.29. The number of hydrogen-bond donors (Lipinski definition) is 2. The molecule has 3 unspecified atom stereocenters. The van der Waals surface area contributed by atoms with E-state index in [1.165, 1.54) is 116 Å². The molecule has 0 radical (unpaired) electrons. The van der Waals surface area contributed by atoms with Gasteiger partial charge in [-0.3, -0.25) is 9.36 Å². The van der Waals surface area contributed by atoms with Crippen molar-refractivity contribution in [3.8, 4) is 0 Å². The van der Waals surface area contributed by atoms with Crippen LogP contribution < -0.4 is 10.2 Å². The number of hydrogen-bond acceptors (Lipinski definition) is 6. The van der Waals surface area contributed by atoms with Crippen LogP contribution in [0, 0.1) is 0 Å². The van der Waals surface area contributed by atoms with Crippen LogP contribution in [0.3, 0.4) is 0 Å². The van der Waals surface area contributed by atoms with E-state index in [0.717, 1.165) is 116 Å². The maximum Gasteiger partial charge on any atom is 0.268 e. The molecule has 0 aromatic rings. The summed E-state index contributed by atoms with van der Waals surface area (Å²) in [6, 6.07) is -0.926. The number of quaternary nitrogens is 1. The molecule has 0 aliphatic heterocycles. The summed E-state index contributed by atoms with van der Waals surface area (Å²) in [7, 11) is 1.21. The number of nitrogens with one attached hydrogen (secondary N) is 1. The molecule has 2 N–H and O–H groups in total. The average molecular weight is 1120 g/mol. The van der Waals surface area contributed by atoms with Crippen molar-refractivity contribution in [2.75, 3.05) is 40.9 Å². The van der Waals surface area contributed by atoms with Crippen molar-refractivity contribution in [1.82, 2.24) is 5.32 Å². The number of nitrogens with zero attached hydrogens (tertiary/aromatic N) is 1. The van der Waals surface area contributed by atoms with Crippen LogP contribution in [0.15, 0.2) is 134 Å². The normalized spacial score (nSPS) is 14.7. The van der Waals surface area contributed by atoms with Crippen LogP contribution >= 0.6 is 7.82 Å². The monoisotopic (exact) mass is 1120 g/mol. The Morgan fingerprint density at radius 1 is 0.456 bits per heavy atom. The Kier molecular flexibility index (Phi) is 56.7. The van der Waals surface area contributed by atoms with Gasteiger partial charge in [-0.25, -0.2) is 0 Å². The van der Waals surface area contributed by atoms with Crippen molar-refractivity contribution < 1.29 is 32.9 Å². The summed E-state index contributed by atoms with van der Waals surface area (Å²) in [6.45, 7) is 4.50. The van der Waals surface area contributed by atoms with Gasteiger partial charge in [-0.05, 0) is 103 Å². The smallest absolute Gasteiger partial charge is 0.268 e. The highest BCUT2D eigenvalue weighted by Crippen LogP contribution is 2.38. The van der Waals surface area contributed by atoms with Crippen molar-refractivity contribution in [1.29, 1.82) is 0 Å². The zero-order valence-corrected chi connectivity index (χ0v) is 52.4. The summed E-state index contributed by atoms with van der Waals surface area (Å²) in [6.07, 6.45) is 89.7. The Morgan fingerprint density at radius 2 is 0.785 bits per heavy atom. The molecular weight excluding hydrogens is 996 g/mol. The molecule has 3 atom stereocenters. The molecule has 0 spiro atoms. The van der Waals surface area contributed by atoms with Gasteiger partial charge < -0.3 is 28.8 Å². The minimum absolute atomic E-state index is 0.0177. The Morgan fingerprint density at radius 3 is 1.18 bits per heavy atom. The third-order valence-electron chi connectivity index (χ3n) is 13.6. The molecule has 79 heavy (non-hydrogen) atoms. The zero-order valence-electron chi connectivity index (χ0n) is 51.5. The average Bonchev–Trinajstić information content (AvgIpc) is 3.42. The van der Waals surface area contributed by atoms with E-state index >= 15 is 0 Å². The standard InChI is InChI=1S/C70H121N2O6P/c1-6-8-10-12-14-16-18-20-22-24-26-28-30-32-33-34-35-36-37-38-39-40-42-44-46-48-50-52-54-56-58-60-62-64-70(74)71-68(67-78-79(75,76)77-66-65-72(3,4)5)69(73)63-61-59-57-55-53-51-49-47-45-43-41-31-29-27-25-23-21-19-17-15-13-11-9-7-2/h8,10,14,16,20,22,26,28,32-33,35-36,38-39,42,44,48,50,53,55,61,63,68-69,73H,6-7,9,11-13,15,17-19,21,23-25,27,29-31,34,37,40-41,43,45-47,49,51-52,54,56-60,62,64-67H2,1-5H3,(H-,71,74,75,76)/b10-8-,16-14-,22-20-,28-26-,33-32-,36-35-,39-38-,44-42-,50-48-,55-53+,63-61+. The van der Waals surface area contributed by atoms with E-state index < -0.39 is 26.6 Å². The SMILES string of the molecule is CC/C=C\C/C=C\C/C=C\C/C=C\C/C=C\C/C=C\C/C=C\C/C=C\C/C=C\CCCCCCCC(=O)NC(COP(=O)([O-])OCC[N+](C)(C)C)C(O)/C=C/CC/C=C/CCCCCCCCCCCCCCCCCCCC. The fourth-order valence-electron chi connectivity index (χ4n) is 8.63. The maximum atomic E-state index is 13.0. The predicted octanol–water partition coefficient (Wildman–Crippen LogP) is 19.6. The third kappa shape index (κ3) is 62.1. The van der Waals surface area contributed by atoms with Crippen LogP contribution in [-0.4, -0.2) is 68.5 Å². The summed E-state index contributed by atoms with van der Waals surface area (Å²) in [5.74, 6) is -0.230. The molecule has 0 saturated heterocycles. The van der Waals surface area contributed by atoms with E-state index in [2.05, 4.69) is 141 Å². The lowest BCUT2D eigenvalue weighted by Crippen LogP contribution is -2.45. The molecule has 0 aliphatic carbocycles. The number of allylic oxidation sites excluding steroid dienone is 21. The van der Waals surface area contributed by atoms with Crippen LogP contribution in [0.2, 0.25) is 0 Å². The van der Waals surface area contributed by atoms with Crippen LogP contribution in [0.25, 0.3) is 0 Å². The fraction of sp³-hybridized carbons (Fsp3) is 0.671. The molecule has 0 aromatic carbocycles. The number of likely N-dealkylation sites (N-methyl/N-ethyl adjacent to an activating group) is 1. The Hall–Kier alpha value is -3.36. The first-order chi connectivity index (χ1) is 38.5. The highest BCUT2D eigenvalue weighted by Gasteiger charge is 2.23. The van der Waals surface area contributed by atoms with Gasteiger partial charge in [0.15, 0.2) is 0 Å². The first-order valence-electron chi connectivity index (χ1n) is 32.0. The number of rotatable bonds is 57. The summed E-state index contributed by atoms with van der Waals surface area (Å²) in [5, 5.41) is 13.9. The Labute approximate surface area is 487 Å². The molecule has 9 heteroatoms. The molecule has 0 rings (SSSR count). The highest BCUT2D eigenvalue weighted by molar-refractivity contribution is 7.45. The quantitative estimate of drug-likeness (QED) is 0.0272. The number of phosphoric acid groups is 1. The highest BCUT2D eigenvalue weighted by atomic mass is 31.2. The van der Waals surface area contributed by atoms with Gasteiger partial charge in [-0.15, -0.1) is 0 Å². The van der Waals surface area contributed by atoms with Gasteiger partial charge in [0.2, 0.25) is 5.91 Å². The van der Waals surface area contributed by atoms with Crippen LogP contribution in [0.1, 0.15) is 251 Å². The predicted molar refractivity (Wildman–Crippen MR) is 343 cm³/mol. The lowest BCUT2D eigenvalue weighted by atomic mass is 10.0. The number of aliphatic hydroxyl groups excluding tert-OH is 1. The van der Waals surface area contributed by atoms with E-state index in [-0.39, 0.29) is 12.5 Å². The summed E-state index contributed by atoms with van der Waals surface area (Å²) < 4.78 is 23.4. The number of carbonyl (C=O) groups excluding carboxylic acids is 1. The van der Waals surface area contributed by atoms with Gasteiger partial charge >= 0.3 is 0 Å². The third-order valence-corrected chi connectivity index (χ3v) is 14.6. The van der Waals surface area contributed by atoms with Gasteiger partial charge in [0.1, 0.15) is 13.2 Å². The van der Waals surface area contributed by atoms with E-state index in [0.29, 0.717) is 17.4 Å². The topological polar surface area (TPSA) is 108 Å². The maximum absolute atomic E-state index is 13.0. The number of carbonyl (C=O) groups is 1. The molecule has 0 aliphatic rings. The molecule has 0 heterocycles. The van der Waals surface area contributed by atoms with Gasteiger partial charge in [0.25, 0.3) is 7.82 Å². The van der Waals surface area contributed by atoms with E-state index in [4.69, 9.17) is 9.05 Å². The van der Waals surface area contributed by atoms with Crippen molar-refractivity contribution in [2.45, 2.75) is 264 Å². The minimum Gasteiger partial charge on any atom is -0.756 e.